The van der Waals surface area contributed by atoms with Crippen molar-refractivity contribution in [2.45, 2.75) is 25.7 Å². The number of ketones is 1. The van der Waals surface area contributed by atoms with E-state index in [-0.39, 0.29) is 23.7 Å². The van der Waals surface area contributed by atoms with Crippen molar-refractivity contribution in [3.8, 4) is 0 Å². The summed E-state index contributed by atoms with van der Waals surface area (Å²) in [6, 6.07) is 0. The molecule has 0 aliphatic heterocycles. The van der Waals surface area contributed by atoms with Crippen molar-refractivity contribution >= 4 is 5.78 Å². The standard InChI is InChI=1S/C12H16O2/c1-9-3-2-5-12(8-13)6-4-10(14)7-11(9)12/h4,6,11,13H,1-3,5,7-8H2. The SMILES string of the molecule is C=C1CCCC2(CO)C=CC(=O)CC12. The minimum absolute atomic E-state index is 0.139. The largest absolute Gasteiger partial charge is 0.395 e. The average molecular weight is 192 g/mol. The van der Waals surface area contributed by atoms with Gasteiger partial charge < -0.3 is 5.11 Å². The molecule has 2 nitrogen and oxygen atoms in total. The maximum absolute atomic E-state index is 11.3. The average Bonchev–Trinajstić information content (AvgIpc) is 2.20. The molecule has 0 aromatic carbocycles. The summed E-state index contributed by atoms with van der Waals surface area (Å²) in [5.74, 6) is 0.348. The van der Waals surface area contributed by atoms with Crippen LogP contribution in [-0.2, 0) is 4.79 Å². The lowest BCUT2D eigenvalue weighted by Crippen LogP contribution is -2.40. The van der Waals surface area contributed by atoms with Gasteiger partial charge in [0, 0.05) is 11.8 Å². The first kappa shape index (κ1) is 9.66. The Hall–Kier alpha value is -0.890. The Labute approximate surface area is 84.3 Å². The molecule has 0 saturated heterocycles. The molecule has 1 N–H and O–H groups in total. The normalized spacial score (nSPS) is 37.1. The third-order valence-corrected chi connectivity index (χ3v) is 3.63. The Balaban J connectivity index is 2.36. The Morgan fingerprint density at radius 2 is 2.43 bits per heavy atom. The fourth-order valence-electron chi connectivity index (χ4n) is 2.72. The van der Waals surface area contributed by atoms with Gasteiger partial charge in [0.05, 0.1) is 6.61 Å². The number of fused-ring (bicyclic) bond motifs is 1. The zero-order chi connectivity index (χ0) is 10.2. The van der Waals surface area contributed by atoms with Crippen LogP contribution in [0.2, 0.25) is 0 Å². The van der Waals surface area contributed by atoms with Crippen LogP contribution < -0.4 is 0 Å². The van der Waals surface area contributed by atoms with Crippen molar-refractivity contribution in [3.05, 3.63) is 24.3 Å². The number of hydrogen-bond donors (Lipinski definition) is 1. The van der Waals surface area contributed by atoms with Gasteiger partial charge in [-0.2, -0.15) is 0 Å². The number of allylic oxidation sites excluding steroid dienone is 2. The molecule has 0 amide bonds. The van der Waals surface area contributed by atoms with Crippen LogP contribution in [0.25, 0.3) is 0 Å². The third kappa shape index (κ3) is 1.34. The minimum Gasteiger partial charge on any atom is -0.395 e. The van der Waals surface area contributed by atoms with E-state index in [2.05, 4.69) is 6.58 Å². The van der Waals surface area contributed by atoms with E-state index in [4.69, 9.17) is 0 Å². The number of aliphatic hydroxyl groups excluding tert-OH is 1. The van der Waals surface area contributed by atoms with Crippen LogP contribution in [0.15, 0.2) is 24.3 Å². The van der Waals surface area contributed by atoms with Crippen molar-refractivity contribution in [3.63, 3.8) is 0 Å². The second-order valence-corrected chi connectivity index (χ2v) is 4.46. The monoisotopic (exact) mass is 192 g/mol. The molecule has 1 saturated carbocycles. The number of aliphatic hydroxyl groups is 1. The molecule has 2 atom stereocenters. The molecule has 0 heterocycles. The van der Waals surface area contributed by atoms with Gasteiger partial charge in [-0.3, -0.25) is 4.79 Å². The highest BCUT2D eigenvalue weighted by molar-refractivity contribution is 5.91. The zero-order valence-electron chi connectivity index (χ0n) is 8.33. The molecule has 0 radical (unpaired) electrons. The van der Waals surface area contributed by atoms with E-state index in [1.807, 2.05) is 6.08 Å². The fraction of sp³-hybridized carbons (Fsp3) is 0.583. The summed E-state index contributed by atoms with van der Waals surface area (Å²) >= 11 is 0. The second-order valence-electron chi connectivity index (χ2n) is 4.46. The lowest BCUT2D eigenvalue weighted by atomic mass is 9.61. The molecule has 2 heteroatoms. The summed E-state index contributed by atoms with van der Waals surface area (Å²) in [7, 11) is 0. The Kier molecular flexibility index (Phi) is 2.31. The second kappa shape index (κ2) is 3.35. The van der Waals surface area contributed by atoms with E-state index in [1.54, 1.807) is 6.08 Å². The van der Waals surface area contributed by atoms with Crippen LogP contribution in [0.5, 0.6) is 0 Å². The predicted molar refractivity (Wildman–Crippen MR) is 54.8 cm³/mol. The molecule has 2 rings (SSSR count). The van der Waals surface area contributed by atoms with Crippen molar-refractivity contribution in [1.29, 1.82) is 0 Å². The lowest BCUT2D eigenvalue weighted by Gasteiger charge is -2.43. The quantitative estimate of drug-likeness (QED) is 0.644. The van der Waals surface area contributed by atoms with Crippen LogP contribution >= 0.6 is 0 Å². The number of hydrogen-bond acceptors (Lipinski definition) is 2. The van der Waals surface area contributed by atoms with E-state index in [0.29, 0.717) is 6.42 Å². The third-order valence-electron chi connectivity index (χ3n) is 3.63. The highest BCUT2D eigenvalue weighted by Crippen LogP contribution is 2.48. The van der Waals surface area contributed by atoms with Crippen LogP contribution in [0, 0.1) is 11.3 Å². The minimum atomic E-state index is -0.177. The summed E-state index contributed by atoms with van der Waals surface area (Å²) in [5.41, 5.74) is 0.964. The van der Waals surface area contributed by atoms with Crippen molar-refractivity contribution in [2.75, 3.05) is 6.61 Å². The van der Waals surface area contributed by atoms with Gasteiger partial charge in [0.2, 0.25) is 0 Å². The Morgan fingerprint density at radius 3 is 3.14 bits per heavy atom. The van der Waals surface area contributed by atoms with Crippen LogP contribution in [0.4, 0.5) is 0 Å². The van der Waals surface area contributed by atoms with Crippen molar-refractivity contribution in [2.24, 2.45) is 11.3 Å². The number of carbonyl (C=O) groups is 1. The number of carbonyl (C=O) groups excluding carboxylic acids is 1. The topological polar surface area (TPSA) is 37.3 Å². The van der Waals surface area contributed by atoms with E-state index < -0.39 is 0 Å². The Morgan fingerprint density at radius 1 is 1.64 bits per heavy atom. The molecule has 0 aromatic rings. The molecule has 0 bridgehead atoms. The number of rotatable bonds is 1. The van der Waals surface area contributed by atoms with Crippen LogP contribution in [-0.4, -0.2) is 17.5 Å². The van der Waals surface area contributed by atoms with Gasteiger partial charge in [-0.15, -0.1) is 0 Å². The smallest absolute Gasteiger partial charge is 0.156 e. The molecule has 2 aliphatic rings. The fourth-order valence-corrected chi connectivity index (χ4v) is 2.72. The van der Waals surface area contributed by atoms with Crippen LogP contribution in [0.3, 0.4) is 0 Å². The molecule has 0 aromatic heterocycles. The summed E-state index contributed by atoms with van der Waals surface area (Å²) in [4.78, 5) is 11.3. The van der Waals surface area contributed by atoms with Gasteiger partial charge in [0.1, 0.15) is 0 Å². The molecule has 0 spiro atoms. The molecule has 1 fully saturated rings. The van der Waals surface area contributed by atoms with E-state index in [1.165, 1.54) is 0 Å². The van der Waals surface area contributed by atoms with Crippen molar-refractivity contribution in [1.82, 2.24) is 0 Å². The maximum atomic E-state index is 11.3. The highest BCUT2D eigenvalue weighted by Gasteiger charge is 2.42. The molecule has 2 aliphatic carbocycles. The van der Waals surface area contributed by atoms with E-state index >= 15 is 0 Å². The first-order valence-corrected chi connectivity index (χ1v) is 5.18. The van der Waals surface area contributed by atoms with Gasteiger partial charge in [-0.1, -0.05) is 18.2 Å². The summed E-state index contributed by atoms with van der Waals surface area (Å²) in [6.07, 6.45) is 7.15. The summed E-state index contributed by atoms with van der Waals surface area (Å²) in [6.45, 7) is 4.17. The van der Waals surface area contributed by atoms with Gasteiger partial charge in [-0.25, -0.2) is 0 Å². The first-order valence-electron chi connectivity index (χ1n) is 5.18. The Bertz CT molecular complexity index is 303. The van der Waals surface area contributed by atoms with E-state index in [0.717, 1.165) is 24.8 Å². The molecular formula is C12H16O2. The van der Waals surface area contributed by atoms with Gasteiger partial charge in [-0.05, 0) is 31.3 Å². The van der Waals surface area contributed by atoms with Gasteiger partial charge in [0.25, 0.3) is 0 Å². The van der Waals surface area contributed by atoms with Crippen molar-refractivity contribution < 1.29 is 9.90 Å². The van der Waals surface area contributed by atoms with E-state index in [9.17, 15) is 9.90 Å². The predicted octanol–water partition coefficient (Wildman–Crippen LogP) is 1.85. The first-order chi connectivity index (χ1) is 6.68. The highest BCUT2D eigenvalue weighted by atomic mass is 16.3. The molecule has 2 unspecified atom stereocenters. The van der Waals surface area contributed by atoms with Crippen LogP contribution in [0.1, 0.15) is 25.7 Å². The summed E-state index contributed by atoms with van der Waals surface area (Å²) in [5, 5.41) is 9.48. The van der Waals surface area contributed by atoms with Gasteiger partial charge in [0.15, 0.2) is 5.78 Å². The summed E-state index contributed by atoms with van der Waals surface area (Å²) < 4.78 is 0. The van der Waals surface area contributed by atoms with Gasteiger partial charge >= 0.3 is 0 Å². The lowest BCUT2D eigenvalue weighted by molar-refractivity contribution is -0.117. The molecule has 76 valence electrons. The molecular weight excluding hydrogens is 176 g/mol. The maximum Gasteiger partial charge on any atom is 0.156 e. The zero-order valence-corrected chi connectivity index (χ0v) is 8.33. The molecule has 14 heavy (non-hydrogen) atoms.